The van der Waals surface area contributed by atoms with E-state index in [1.165, 1.54) is 0 Å². The minimum absolute atomic E-state index is 0.187. The molecule has 0 bridgehead atoms. The lowest BCUT2D eigenvalue weighted by Gasteiger charge is -2.40. The van der Waals surface area contributed by atoms with Gasteiger partial charge in [0, 0.05) is 12.0 Å². The van der Waals surface area contributed by atoms with Gasteiger partial charge in [-0.15, -0.1) is 11.8 Å². The summed E-state index contributed by atoms with van der Waals surface area (Å²) in [6.45, 7) is 12.1. The summed E-state index contributed by atoms with van der Waals surface area (Å²) < 4.78 is 0. The van der Waals surface area contributed by atoms with Gasteiger partial charge in [0.15, 0.2) is 0 Å². The Balaban J connectivity index is 4.45. The highest BCUT2D eigenvalue weighted by Crippen LogP contribution is 2.20. The van der Waals surface area contributed by atoms with Crippen LogP contribution in [-0.2, 0) is 0 Å². The summed E-state index contributed by atoms with van der Waals surface area (Å²) in [4.78, 5) is 2.26. The fraction of sp³-hybridized carbons (Fsp3) is 0.833. The number of nitrogens with zero attached hydrogens (tertiary/aromatic N) is 1. The standard InChI is InChI=1S/C12H23NO/c1-6-9-10-11(14)12(4,5)13(7-2)8-3/h11,14H,7-8,10H2,1-5H3. The van der Waals surface area contributed by atoms with Gasteiger partial charge >= 0.3 is 0 Å². The Morgan fingerprint density at radius 1 is 1.29 bits per heavy atom. The molecule has 0 radical (unpaired) electrons. The molecule has 0 amide bonds. The number of hydrogen-bond donors (Lipinski definition) is 1. The molecule has 0 aromatic rings. The van der Waals surface area contributed by atoms with Crippen LogP contribution in [0.1, 0.15) is 41.0 Å². The Morgan fingerprint density at radius 3 is 2.14 bits per heavy atom. The molecule has 0 spiro atoms. The van der Waals surface area contributed by atoms with E-state index in [1.54, 1.807) is 6.92 Å². The molecular formula is C12H23NO. The minimum atomic E-state index is -0.380. The van der Waals surface area contributed by atoms with Crippen LogP contribution >= 0.6 is 0 Å². The Labute approximate surface area is 88.3 Å². The molecule has 14 heavy (non-hydrogen) atoms. The number of aliphatic hydroxyl groups is 1. The summed E-state index contributed by atoms with van der Waals surface area (Å²) in [5.74, 6) is 5.75. The molecule has 82 valence electrons. The Bertz CT molecular complexity index is 208. The molecular weight excluding hydrogens is 174 g/mol. The molecule has 1 unspecified atom stereocenters. The summed E-state index contributed by atoms with van der Waals surface area (Å²) >= 11 is 0. The van der Waals surface area contributed by atoms with Crippen molar-refractivity contribution >= 4 is 0 Å². The zero-order chi connectivity index (χ0) is 11.2. The van der Waals surface area contributed by atoms with Gasteiger partial charge in [0.05, 0.1) is 6.10 Å². The summed E-state index contributed by atoms with van der Waals surface area (Å²) in [6, 6.07) is 0. The molecule has 0 aromatic heterocycles. The van der Waals surface area contributed by atoms with Crippen molar-refractivity contribution < 1.29 is 5.11 Å². The maximum absolute atomic E-state index is 10.00. The zero-order valence-corrected chi connectivity index (χ0v) is 10.1. The summed E-state index contributed by atoms with van der Waals surface area (Å²) in [7, 11) is 0. The molecule has 0 aromatic carbocycles. The van der Waals surface area contributed by atoms with Crippen molar-refractivity contribution in [3.8, 4) is 11.8 Å². The van der Waals surface area contributed by atoms with Gasteiger partial charge in [0.25, 0.3) is 0 Å². The van der Waals surface area contributed by atoms with Crippen LogP contribution in [0.4, 0.5) is 0 Å². The second kappa shape index (κ2) is 6.06. The van der Waals surface area contributed by atoms with Gasteiger partial charge in [-0.1, -0.05) is 13.8 Å². The minimum Gasteiger partial charge on any atom is -0.390 e. The molecule has 0 aliphatic heterocycles. The van der Waals surface area contributed by atoms with Crippen molar-refractivity contribution in [1.29, 1.82) is 0 Å². The van der Waals surface area contributed by atoms with Crippen molar-refractivity contribution in [2.45, 2.75) is 52.7 Å². The molecule has 0 saturated heterocycles. The molecule has 0 aliphatic rings. The molecule has 1 N–H and O–H groups in total. The second-order valence-corrected chi connectivity index (χ2v) is 3.97. The van der Waals surface area contributed by atoms with Gasteiger partial charge in [-0.25, -0.2) is 0 Å². The summed E-state index contributed by atoms with van der Waals surface area (Å²) in [5, 5.41) is 10.00. The lowest BCUT2D eigenvalue weighted by atomic mass is 9.92. The molecule has 0 fully saturated rings. The monoisotopic (exact) mass is 197 g/mol. The van der Waals surface area contributed by atoms with E-state index >= 15 is 0 Å². The number of aliphatic hydroxyl groups excluding tert-OH is 1. The first-order chi connectivity index (χ1) is 6.50. The van der Waals surface area contributed by atoms with Crippen LogP contribution in [0.3, 0.4) is 0 Å². The van der Waals surface area contributed by atoms with E-state index < -0.39 is 0 Å². The van der Waals surface area contributed by atoms with Crippen molar-refractivity contribution in [2.24, 2.45) is 0 Å². The molecule has 0 heterocycles. The normalized spacial score (nSPS) is 13.6. The van der Waals surface area contributed by atoms with Gasteiger partial charge in [0.1, 0.15) is 0 Å². The first kappa shape index (κ1) is 13.5. The highest BCUT2D eigenvalue weighted by atomic mass is 16.3. The largest absolute Gasteiger partial charge is 0.390 e. The van der Waals surface area contributed by atoms with Crippen molar-refractivity contribution in [1.82, 2.24) is 4.90 Å². The SMILES string of the molecule is CC#CCC(O)C(C)(C)N(CC)CC. The van der Waals surface area contributed by atoms with Crippen LogP contribution in [0.25, 0.3) is 0 Å². The van der Waals surface area contributed by atoms with Crippen LogP contribution in [-0.4, -0.2) is 34.7 Å². The van der Waals surface area contributed by atoms with Crippen molar-refractivity contribution in [3.63, 3.8) is 0 Å². The van der Waals surface area contributed by atoms with E-state index in [-0.39, 0.29) is 11.6 Å². The summed E-state index contributed by atoms with van der Waals surface area (Å²) in [5.41, 5.74) is -0.187. The van der Waals surface area contributed by atoms with E-state index in [0.717, 1.165) is 13.1 Å². The van der Waals surface area contributed by atoms with E-state index in [2.05, 4.69) is 44.4 Å². The third kappa shape index (κ3) is 3.32. The molecule has 0 rings (SSSR count). The van der Waals surface area contributed by atoms with Gasteiger partial charge in [0.2, 0.25) is 0 Å². The van der Waals surface area contributed by atoms with Crippen molar-refractivity contribution in [3.05, 3.63) is 0 Å². The Morgan fingerprint density at radius 2 is 1.79 bits per heavy atom. The number of hydrogen-bond acceptors (Lipinski definition) is 2. The number of rotatable bonds is 5. The predicted octanol–water partition coefficient (Wildman–Crippen LogP) is 1.88. The summed E-state index contributed by atoms with van der Waals surface area (Å²) in [6.07, 6.45) is 0.176. The highest BCUT2D eigenvalue weighted by Gasteiger charge is 2.31. The van der Waals surface area contributed by atoms with E-state index in [1.807, 2.05) is 0 Å². The molecule has 0 aliphatic carbocycles. The highest BCUT2D eigenvalue weighted by molar-refractivity contribution is 5.01. The van der Waals surface area contributed by atoms with E-state index in [0.29, 0.717) is 6.42 Å². The van der Waals surface area contributed by atoms with Crippen LogP contribution in [0.2, 0.25) is 0 Å². The topological polar surface area (TPSA) is 23.5 Å². The average molecular weight is 197 g/mol. The van der Waals surface area contributed by atoms with Crippen LogP contribution < -0.4 is 0 Å². The molecule has 2 heteroatoms. The lowest BCUT2D eigenvalue weighted by molar-refractivity contribution is -0.00150. The maximum atomic E-state index is 10.00. The third-order valence-corrected chi connectivity index (χ3v) is 2.87. The van der Waals surface area contributed by atoms with Crippen molar-refractivity contribution in [2.75, 3.05) is 13.1 Å². The molecule has 0 saturated carbocycles. The van der Waals surface area contributed by atoms with Crippen LogP contribution in [0.5, 0.6) is 0 Å². The fourth-order valence-corrected chi connectivity index (χ4v) is 1.70. The third-order valence-electron chi connectivity index (χ3n) is 2.87. The predicted molar refractivity (Wildman–Crippen MR) is 61.1 cm³/mol. The molecule has 2 nitrogen and oxygen atoms in total. The van der Waals surface area contributed by atoms with Crippen LogP contribution in [0.15, 0.2) is 0 Å². The second-order valence-electron chi connectivity index (χ2n) is 3.97. The van der Waals surface area contributed by atoms with E-state index in [4.69, 9.17) is 0 Å². The Hall–Kier alpha value is -0.520. The van der Waals surface area contributed by atoms with Gasteiger partial charge in [-0.05, 0) is 33.9 Å². The van der Waals surface area contributed by atoms with Gasteiger partial charge in [-0.3, -0.25) is 4.90 Å². The average Bonchev–Trinajstić information content (AvgIpc) is 2.15. The first-order valence-electron chi connectivity index (χ1n) is 5.33. The maximum Gasteiger partial charge on any atom is 0.0827 e. The number of likely N-dealkylation sites (N-methyl/N-ethyl adjacent to an activating group) is 1. The van der Waals surface area contributed by atoms with E-state index in [9.17, 15) is 5.11 Å². The van der Waals surface area contributed by atoms with Crippen LogP contribution in [0, 0.1) is 11.8 Å². The Kier molecular flexibility index (Phi) is 5.83. The quantitative estimate of drug-likeness (QED) is 0.680. The zero-order valence-electron chi connectivity index (χ0n) is 10.1. The van der Waals surface area contributed by atoms with Gasteiger partial charge in [-0.2, -0.15) is 0 Å². The molecule has 1 atom stereocenters. The lowest BCUT2D eigenvalue weighted by Crippen LogP contribution is -2.52. The first-order valence-corrected chi connectivity index (χ1v) is 5.33. The fourth-order valence-electron chi connectivity index (χ4n) is 1.70. The smallest absolute Gasteiger partial charge is 0.0827 e. The van der Waals surface area contributed by atoms with Gasteiger partial charge < -0.3 is 5.11 Å².